The molecule has 1 fully saturated rings. The van der Waals surface area contributed by atoms with Crippen LogP contribution in [0.3, 0.4) is 0 Å². The van der Waals surface area contributed by atoms with Gasteiger partial charge in [0.25, 0.3) is 5.91 Å². The van der Waals surface area contributed by atoms with Crippen molar-refractivity contribution in [3.8, 4) is 5.75 Å². The van der Waals surface area contributed by atoms with E-state index in [2.05, 4.69) is 37.5 Å². The van der Waals surface area contributed by atoms with E-state index in [0.29, 0.717) is 17.3 Å². The number of hydrogen-bond acceptors (Lipinski definition) is 4. The molecule has 0 unspecified atom stereocenters. The predicted octanol–water partition coefficient (Wildman–Crippen LogP) is 4.83. The smallest absolute Gasteiger partial charge is 0.260 e. The molecule has 1 aliphatic heterocycles. The summed E-state index contributed by atoms with van der Waals surface area (Å²) in [5, 5.41) is 0.644. The zero-order valence-corrected chi connectivity index (χ0v) is 20.1. The van der Waals surface area contributed by atoms with E-state index < -0.39 is 0 Å². The van der Waals surface area contributed by atoms with Gasteiger partial charge in [-0.15, -0.1) is 0 Å². The van der Waals surface area contributed by atoms with Crippen LogP contribution >= 0.6 is 11.6 Å². The van der Waals surface area contributed by atoms with Crippen molar-refractivity contribution in [3.05, 3.63) is 58.9 Å². The van der Waals surface area contributed by atoms with E-state index >= 15 is 0 Å². The molecule has 0 radical (unpaired) electrons. The SMILES string of the molecule is CCN(CC)c1cc(Cl)ccc1OCC(=O)N1C[C@H](C)N(Cc2ccc(F)cc2)C[C@H]1C. The molecular formula is C25H33ClFN3O2. The topological polar surface area (TPSA) is 36.0 Å². The Morgan fingerprint density at radius 1 is 1.09 bits per heavy atom. The Labute approximate surface area is 195 Å². The van der Waals surface area contributed by atoms with Crippen LogP contribution in [-0.4, -0.2) is 60.6 Å². The number of carbonyl (C=O) groups excluding carboxylic acids is 1. The Balaban J connectivity index is 1.61. The summed E-state index contributed by atoms with van der Waals surface area (Å²) in [5.41, 5.74) is 1.97. The minimum atomic E-state index is -0.226. The van der Waals surface area contributed by atoms with Gasteiger partial charge in [-0.05, 0) is 63.6 Å². The fraction of sp³-hybridized carbons (Fsp3) is 0.480. The van der Waals surface area contributed by atoms with Gasteiger partial charge in [0.15, 0.2) is 6.61 Å². The van der Waals surface area contributed by atoms with Gasteiger partial charge in [0.1, 0.15) is 11.6 Å². The summed E-state index contributed by atoms with van der Waals surface area (Å²) in [7, 11) is 0. The lowest BCUT2D eigenvalue weighted by atomic mass is 10.1. The summed E-state index contributed by atoms with van der Waals surface area (Å²) in [5.74, 6) is 0.420. The summed E-state index contributed by atoms with van der Waals surface area (Å²) < 4.78 is 19.2. The molecule has 2 aromatic carbocycles. The highest BCUT2D eigenvalue weighted by Crippen LogP contribution is 2.31. The average Bonchev–Trinajstić information content (AvgIpc) is 2.77. The molecule has 1 heterocycles. The van der Waals surface area contributed by atoms with Crippen molar-refractivity contribution >= 4 is 23.2 Å². The highest BCUT2D eigenvalue weighted by atomic mass is 35.5. The van der Waals surface area contributed by atoms with E-state index in [9.17, 15) is 9.18 Å². The van der Waals surface area contributed by atoms with Crippen molar-refractivity contribution in [3.63, 3.8) is 0 Å². The van der Waals surface area contributed by atoms with E-state index in [1.165, 1.54) is 12.1 Å². The quantitative estimate of drug-likeness (QED) is 0.564. The van der Waals surface area contributed by atoms with Crippen molar-refractivity contribution in [2.75, 3.05) is 37.7 Å². The normalized spacial score (nSPS) is 19.1. The maximum atomic E-state index is 13.2. The third kappa shape index (κ3) is 5.93. The monoisotopic (exact) mass is 461 g/mol. The molecule has 5 nitrogen and oxygen atoms in total. The minimum absolute atomic E-state index is 0.00900. The van der Waals surface area contributed by atoms with Gasteiger partial charge in [0.05, 0.1) is 5.69 Å². The Bertz CT molecular complexity index is 905. The zero-order chi connectivity index (χ0) is 23.3. The number of rotatable bonds is 8. The number of halogens is 2. The van der Waals surface area contributed by atoms with Gasteiger partial charge in [-0.2, -0.15) is 0 Å². The molecule has 2 aromatic rings. The summed E-state index contributed by atoms with van der Waals surface area (Å²) in [6.45, 7) is 12.1. The highest BCUT2D eigenvalue weighted by Gasteiger charge is 2.32. The maximum Gasteiger partial charge on any atom is 0.260 e. The number of anilines is 1. The molecule has 2 atom stereocenters. The Morgan fingerprint density at radius 2 is 1.78 bits per heavy atom. The fourth-order valence-electron chi connectivity index (χ4n) is 4.24. The van der Waals surface area contributed by atoms with Gasteiger partial charge in [-0.25, -0.2) is 4.39 Å². The molecule has 0 spiro atoms. The van der Waals surface area contributed by atoms with E-state index in [4.69, 9.17) is 16.3 Å². The number of nitrogens with zero attached hydrogens (tertiary/aromatic N) is 3. The van der Waals surface area contributed by atoms with E-state index in [1.807, 2.05) is 29.2 Å². The Morgan fingerprint density at radius 3 is 2.44 bits per heavy atom. The van der Waals surface area contributed by atoms with Crippen molar-refractivity contribution in [2.24, 2.45) is 0 Å². The minimum Gasteiger partial charge on any atom is -0.482 e. The van der Waals surface area contributed by atoms with Gasteiger partial charge in [-0.3, -0.25) is 9.69 Å². The number of benzene rings is 2. The number of amides is 1. The second-order valence-corrected chi connectivity index (χ2v) is 8.81. The summed E-state index contributed by atoms with van der Waals surface area (Å²) in [4.78, 5) is 19.4. The van der Waals surface area contributed by atoms with E-state index in [0.717, 1.165) is 37.4 Å². The molecule has 0 aromatic heterocycles. The first-order valence-corrected chi connectivity index (χ1v) is 11.6. The molecule has 1 aliphatic rings. The van der Waals surface area contributed by atoms with Crippen molar-refractivity contribution in [1.82, 2.24) is 9.80 Å². The molecular weight excluding hydrogens is 429 g/mol. The molecule has 0 bridgehead atoms. The van der Waals surface area contributed by atoms with E-state index in [-0.39, 0.29) is 30.4 Å². The first kappa shape index (κ1) is 24.3. The van der Waals surface area contributed by atoms with Gasteiger partial charge < -0.3 is 14.5 Å². The van der Waals surface area contributed by atoms with Crippen molar-refractivity contribution in [1.29, 1.82) is 0 Å². The number of hydrogen-bond donors (Lipinski definition) is 0. The number of ether oxygens (including phenoxy) is 1. The van der Waals surface area contributed by atoms with Crippen LogP contribution in [0.2, 0.25) is 5.02 Å². The van der Waals surface area contributed by atoms with Crippen LogP contribution in [0.5, 0.6) is 5.75 Å². The molecule has 7 heteroatoms. The second kappa shape index (κ2) is 11.0. The third-order valence-corrected chi connectivity index (χ3v) is 6.35. The first-order chi connectivity index (χ1) is 15.3. The predicted molar refractivity (Wildman–Crippen MR) is 128 cm³/mol. The second-order valence-electron chi connectivity index (χ2n) is 8.37. The lowest BCUT2D eigenvalue weighted by Gasteiger charge is -2.44. The van der Waals surface area contributed by atoms with Gasteiger partial charge in [0.2, 0.25) is 0 Å². The van der Waals surface area contributed by atoms with Crippen LogP contribution in [0.15, 0.2) is 42.5 Å². The summed E-state index contributed by atoms with van der Waals surface area (Å²) in [6.07, 6.45) is 0. The van der Waals surface area contributed by atoms with Crippen LogP contribution in [0.4, 0.5) is 10.1 Å². The molecule has 174 valence electrons. The lowest BCUT2D eigenvalue weighted by molar-refractivity contribution is -0.139. The van der Waals surface area contributed by atoms with Crippen molar-refractivity contribution < 1.29 is 13.9 Å². The first-order valence-electron chi connectivity index (χ1n) is 11.3. The lowest BCUT2D eigenvalue weighted by Crippen LogP contribution is -2.58. The molecule has 0 saturated carbocycles. The maximum absolute atomic E-state index is 13.2. The van der Waals surface area contributed by atoms with Crippen molar-refractivity contribution in [2.45, 2.75) is 46.3 Å². The van der Waals surface area contributed by atoms with Gasteiger partial charge >= 0.3 is 0 Å². The van der Waals surface area contributed by atoms with Crippen LogP contribution in [0.1, 0.15) is 33.3 Å². The van der Waals surface area contributed by atoms with Crippen LogP contribution in [-0.2, 0) is 11.3 Å². The van der Waals surface area contributed by atoms with E-state index in [1.54, 1.807) is 6.07 Å². The molecule has 3 rings (SSSR count). The van der Waals surface area contributed by atoms with Gasteiger partial charge in [0, 0.05) is 49.8 Å². The number of piperazine rings is 1. The molecule has 0 N–H and O–H groups in total. The highest BCUT2D eigenvalue weighted by molar-refractivity contribution is 6.30. The summed E-state index contributed by atoms with van der Waals surface area (Å²) >= 11 is 6.19. The molecule has 0 aliphatic carbocycles. The third-order valence-electron chi connectivity index (χ3n) is 6.11. The molecule has 32 heavy (non-hydrogen) atoms. The Hall–Kier alpha value is -2.31. The van der Waals surface area contributed by atoms with Crippen LogP contribution < -0.4 is 9.64 Å². The van der Waals surface area contributed by atoms with Crippen LogP contribution in [0, 0.1) is 5.82 Å². The molecule has 1 saturated heterocycles. The largest absolute Gasteiger partial charge is 0.482 e. The summed E-state index contributed by atoms with van der Waals surface area (Å²) in [6, 6.07) is 12.4. The standard InChI is InChI=1S/C25H33ClFN3O2/c1-5-28(6-2)23-13-21(26)9-12-24(23)32-17-25(31)30-15-18(3)29(14-19(30)4)16-20-7-10-22(27)11-8-20/h7-13,18-19H,5-6,14-17H2,1-4H3/t18-,19+/m0/s1. The zero-order valence-electron chi connectivity index (χ0n) is 19.4. The fourth-order valence-corrected chi connectivity index (χ4v) is 4.40. The Kier molecular flexibility index (Phi) is 8.38. The number of carbonyl (C=O) groups is 1. The van der Waals surface area contributed by atoms with Gasteiger partial charge in [-0.1, -0.05) is 23.7 Å². The molecule has 1 amide bonds. The average molecular weight is 462 g/mol. The van der Waals surface area contributed by atoms with Crippen LogP contribution in [0.25, 0.3) is 0 Å².